The molecule has 0 saturated carbocycles. The van der Waals surface area contributed by atoms with E-state index in [0.717, 1.165) is 23.6 Å². The molecule has 2 aromatic carbocycles. The van der Waals surface area contributed by atoms with E-state index >= 15 is 0 Å². The fraction of sp³-hybridized carbons (Fsp3) is 0.273. The first-order valence-corrected chi connectivity index (χ1v) is 8.80. The molecule has 0 aromatic heterocycles. The number of carboxylic acid groups (broad SMARTS) is 1. The summed E-state index contributed by atoms with van der Waals surface area (Å²) in [5.41, 5.74) is 3.35. The molecule has 136 valence electrons. The highest BCUT2D eigenvalue weighted by Gasteiger charge is 2.15. The number of aryl methyl sites for hydroxylation is 1. The number of carboxylic acids is 1. The zero-order valence-electron chi connectivity index (χ0n) is 14.9. The first-order valence-electron chi connectivity index (χ1n) is 8.80. The maximum Gasteiger partial charge on any atom is 0.327 e. The van der Waals surface area contributed by atoms with Gasteiger partial charge in [-0.2, -0.15) is 0 Å². The third-order valence-electron chi connectivity index (χ3n) is 4.45. The van der Waals surface area contributed by atoms with Gasteiger partial charge in [0.1, 0.15) is 5.82 Å². The van der Waals surface area contributed by atoms with Crippen LogP contribution in [0.15, 0.2) is 60.7 Å². The van der Waals surface area contributed by atoms with Gasteiger partial charge in [0.25, 0.3) is 0 Å². The Morgan fingerprint density at radius 1 is 1.19 bits per heavy atom. The van der Waals surface area contributed by atoms with Crippen molar-refractivity contribution in [1.82, 2.24) is 0 Å². The summed E-state index contributed by atoms with van der Waals surface area (Å²) in [4.78, 5) is 10.5. The number of aliphatic carboxylic acids is 1. The molecule has 0 fully saturated rings. The van der Waals surface area contributed by atoms with Crippen LogP contribution in [0.4, 0.5) is 4.39 Å². The number of rotatable bonds is 9. The molecule has 2 rings (SSSR count). The lowest BCUT2D eigenvalue weighted by molar-refractivity contribution is -0.131. The number of nitrogens with one attached hydrogen (secondary N) is 1. The maximum absolute atomic E-state index is 13.7. The minimum Gasteiger partial charge on any atom is -0.478 e. The van der Waals surface area contributed by atoms with E-state index in [9.17, 15) is 9.18 Å². The van der Waals surface area contributed by atoms with E-state index < -0.39 is 5.97 Å². The normalized spacial score (nSPS) is 12.2. The van der Waals surface area contributed by atoms with Gasteiger partial charge in [-0.1, -0.05) is 55.5 Å². The zero-order chi connectivity index (χ0) is 18.9. The number of hydrogen-bond donors (Lipinski definition) is 2. The van der Waals surface area contributed by atoms with Gasteiger partial charge in [-0.25, -0.2) is 9.18 Å². The lowest BCUT2D eigenvalue weighted by atomic mass is 9.88. The molecule has 2 N–H and O–H groups in total. The molecule has 0 amide bonds. The monoisotopic (exact) mass is 353 g/mol. The molecule has 0 aliphatic rings. The molecule has 26 heavy (non-hydrogen) atoms. The zero-order valence-corrected chi connectivity index (χ0v) is 14.9. The molecule has 0 spiro atoms. The molecule has 0 aliphatic heterocycles. The first kappa shape index (κ1) is 19.6. The number of benzene rings is 2. The van der Waals surface area contributed by atoms with E-state index in [-0.39, 0.29) is 11.7 Å². The maximum atomic E-state index is 13.7. The number of carbonyl (C=O) groups is 1. The predicted octanol–water partition coefficient (Wildman–Crippen LogP) is 5.16. The van der Waals surface area contributed by atoms with Gasteiger partial charge >= 0.3 is 5.97 Å². The topological polar surface area (TPSA) is 61.2 Å². The summed E-state index contributed by atoms with van der Waals surface area (Å²) in [7, 11) is 0. The minimum atomic E-state index is -0.948. The van der Waals surface area contributed by atoms with Crippen LogP contribution >= 0.6 is 0 Å². The van der Waals surface area contributed by atoms with Crippen molar-refractivity contribution in [3.63, 3.8) is 0 Å². The number of hydrogen-bond acceptors (Lipinski definition) is 2. The third-order valence-corrected chi connectivity index (χ3v) is 4.45. The number of allylic oxidation sites excluding steroid dienone is 1. The Hall–Kier alpha value is -2.75. The van der Waals surface area contributed by atoms with Gasteiger partial charge in [0.2, 0.25) is 0 Å². The van der Waals surface area contributed by atoms with Gasteiger partial charge < -0.3 is 10.5 Å². The van der Waals surface area contributed by atoms with E-state index in [2.05, 4.69) is 0 Å². The Morgan fingerprint density at radius 3 is 2.50 bits per heavy atom. The standard InChI is InChI=1S/C22H24FNO2/c1-2-19(21(24)15-14-18-7-3-4-8-20(18)23)17-12-10-16(11-13-17)6-5-9-22(25)26/h3-5,7-13,19,24H,2,6,14-15H2,1H3,(H,25,26)/b9-5+,24-21?/t19-/m0/s1. The number of halogens is 1. The Kier molecular flexibility index (Phi) is 7.27. The van der Waals surface area contributed by atoms with Crippen molar-refractivity contribution >= 4 is 11.7 Å². The lowest BCUT2D eigenvalue weighted by Gasteiger charge is -2.17. The van der Waals surface area contributed by atoms with Crippen LogP contribution in [0.2, 0.25) is 0 Å². The van der Waals surface area contributed by atoms with Gasteiger partial charge in [0, 0.05) is 17.7 Å². The predicted molar refractivity (Wildman–Crippen MR) is 102 cm³/mol. The molecular weight excluding hydrogens is 329 g/mol. The SMILES string of the molecule is CC[C@H](C(=N)CCc1ccccc1F)c1ccc(C/C=C/C(=O)O)cc1. The summed E-state index contributed by atoms with van der Waals surface area (Å²) in [5, 5.41) is 17.0. The largest absolute Gasteiger partial charge is 0.478 e. The van der Waals surface area contributed by atoms with E-state index in [1.807, 2.05) is 37.3 Å². The van der Waals surface area contributed by atoms with E-state index in [0.29, 0.717) is 30.5 Å². The van der Waals surface area contributed by atoms with Gasteiger partial charge in [-0.15, -0.1) is 0 Å². The van der Waals surface area contributed by atoms with Crippen LogP contribution in [-0.4, -0.2) is 16.8 Å². The fourth-order valence-corrected chi connectivity index (χ4v) is 3.01. The minimum absolute atomic E-state index is 0.0189. The van der Waals surface area contributed by atoms with Crippen LogP contribution in [-0.2, 0) is 17.6 Å². The second-order valence-corrected chi connectivity index (χ2v) is 6.26. The first-order chi connectivity index (χ1) is 12.5. The second kappa shape index (κ2) is 9.66. The van der Waals surface area contributed by atoms with Crippen molar-refractivity contribution in [2.45, 2.75) is 38.5 Å². The quantitative estimate of drug-likeness (QED) is 0.483. The lowest BCUT2D eigenvalue weighted by Crippen LogP contribution is -2.12. The Labute approximate surface area is 153 Å². The average Bonchev–Trinajstić information content (AvgIpc) is 2.62. The van der Waals surface area contributed by atoms with Gasteiger partial charge in [0.15, 0.2) is 0 Å². The van der Waals surface area contributed by atoms with Gasteiger partial charge in [-0.3, -0.25) is 0 Å². The summed E-state index contributed by atoms with van der Waals surface area (Å²) in [6, 6.07) is 14.6. The Balaban J connectivity index is 1.99. The van der Waals surface area contributed by atoms with E-state index in [1.165, 1.54) is 6.07 Å². The molecule has 1 atom stereocenters. The van der Waals surface area contributed by atoms with Crippen LogP contribution in [0.1, 0.15) is 42.4 Å². The molecule has 0 radical (unpaired) electrons. The fourth-order valence-electron chi connectivity index (χ4n) is 3.01. The van der Waals surface area contributed by atoms with Crippen molar-refractivity contribution < 1.29 is 14.3 Å². The molecule has 3 nitrogen and oxygen atoms in total. The molecule has 0 unspecified atom stereocenters. The summed E-state index contributed by atoms with van der Waals surface area (Å²) in [6.45, 7) is 2.05. The van der Waals surface area contributed by atoms with Crippen molar-refractivity contribution in [2.75, 3.05) is 0 Å². The van der Waals surface area contributed by atoms with E-state index in [1.54, 1.807) is 18.2 Å². The Bertz CT molecular complexity index is 781. The van der Waals surface area contributed by atoms with Crippen molar-refractivity contribution in [3.05, 3.63) is 83.2 Å². The molecule has 4 heteroatoms. The van der Waals surface area contributed by atoms with Gasteiger partial charge in [-0.05, 0) is 48.4 Å². The molecule has 0 bridgehead atoms. The summed E-state index contributed by atoms with van der Waals surface area (Å²) < 4.78 is 13.7. The highest BCUT2D eigenvalue weighted by molar-refractivity contribution is 5.88. The van der Waals surface area contributed by atoms with Gasteiger partial charge in [0.05, 0.1) is 0 Å². The third kappa shape index (κ3) is 5.66. The summed E-state index contributed by atoms with van der Waals surface area (Å²) in [5.74, 6) is -1.14. The smallest absolute Gasteiger partial charge is 0.327 e. The van der Waals surface area contributed by atoms with Crippen LogP contribution < -0.4 is 0 Å². The van der Waals surface area contributed by atoms with Crippen molar-refractivity contribution in [2.24, 2.45) is 0 Å². The van der Waals surface area contributed by atoms with Crippen LogP contribution in [0.25, 0.3) is 0 Å². The van der Waals surface area contributed by atoms with Crippen LogP contribution in [0.3, 0.4) is 0 Å². The van der Waals surface area contributed by atoms with E-state index in [4.69, 9.17) is 10.5 Å². The highest BCUT2D eigenvalue weighted by Crippen LogP contribution is 2.24. The second-order valence-electron chi connectivity index (χ2n) is 6.26. The Morgan fingerprint density at radius 2 is 1.88 bits per heavy atom. The highest BCUT2D eigenvalue weighted by atomic mass is 19.1. The molecule has 2 aromatic rings. The summed E-state index contributed by atoms with van der Waals surface area (Å²) in [6.07, 6.45) is 5.19. The van der Waals surface area contributed by atoms with Crippen molar-refractivity contribution in [1.29, 1.82) is 5.41 Å². The summed E-state index contributed by atoms with van der Waals surface area (Å²) >= 11 is 0. The van der Waals surface area contributed by atoms with Crippen LogP contribution in [0.5, 0.6) is 0 Å². The molecule has 0 saturated heterocycles. The molecule has 0 aliphatic carbocycles. The molecular formula is C22H24FNO2. The molecule has 0 heterocycles. The van der Waals surface area contributed by atoms with Crippen molar-refractivity contribution in [3.8, 4) is 0 Å². The average molecular weight is 353 g/mol. The van der Waals surface area contributed by atoms with Crippen LogP contribution in [0, 0.1) is 11.2 Å².